The SMILES string of the molecule is O=C1CCc2c(OCC3=CCN(c4c(F)cc(Br)cc4F)CC3)ccc(F)c2N1. The van der Waals surface area contributed by atoms with Crippen molar-refractivity contribution in [2.24, 2.45) is 0 Å². The zero-order chi connectivity index (χ0) is 20.5. The summed E-state index contributed by atoms with van der Waals surface area (Å²) in [5.74, 6) is -1.37. The van der Waals surface area contributed by atoms with Crippen LogP contribution in [0.4, 0.5) is 24.5 Å². The van der Waals surface area contributed by atoms with Gasteiger partial charge >= 0.3 is 0 Å². The van der Waals surface area contributed by atoms with Crippen LogP contribution in [0.5, 0.6) is 5.75 Å². The van der Waals surface area contributed by atoms with Crippen LogP contribution in [0.15, 0.2) is 40.4 Å². The van der Waals surface area contributed by atoms with Crippen molar-refractivity contribution in [3.05, 3.63) is 63.4 Å². The second-order valence-electron chi connectivity index (χ2n) is 7.01. The van der Waals surface area contributed by atoms with Crippen molar-refractivity contribution in [1.82, 2.24) is 0 Å². The molecule has 8 heteroatoms. The van der Waals surface area contributed by atoms with Gasteiger partial charge in [-0.3, -0.25) is 4.79 Å². The maximum absolute atomic E-state index is 14.2. The van der Waals surface area contributed by atoms with Gasteiger partial charge < -0.3 is 15.0 Å². The van der Waals surface area contributed by atoms with Crippen molar-refractivity contribution in [2.75, 3.05) is 29.9 Å². The predicted molar refractivity (Wildman–Crippen MR) is 108 cm³/mol. The van der Waals surface area contributed by atoms with Gasteiger partial charge in [-0.05, 0) is 42.7 Å². The van der Waals surface area contributed by atoms with Crippen molar-refractivity contribution in [2.45, 2.75) is 19.3 Å². The molecule has 4 nitrogen and oxygen atoms in total. The van der Waals surface area contributed by atoms with Gasteiger partial charge in [0, 0.05) is 29.5 Å². The first-order chi connectivity index (χ1) is 13.9. The van der Waals surface area contributed by atoms with Crippen LogP contribution < -0.4 is 15.0 Å². The van der Waals surface area contributed by atoms with Crippen LogP contribution >= 0.6 is 15.9 Å². The molecule has 2 aliphatic heterocycles. The van der Waals surface area contributed by atoms with Gasteiger partial charge in [0.2, 0.25) is 5.91 Å². The first-order valence-electron chi connectivity index (χ1n) is 9.24. The average Bonchev–Trinajstić information content (AvgIpc) is 2.68. The Bertz CT molecular complexity index is 987. The predicted octanol–water partition coefficient (Wildman–Crippen LogP) is 4.97. The summed E-state index contributed by atoms with van der Waals surface area (Å²) in [6.45, 7) is 1.12. The third-order valence-electron chi connectivity index (χ3n) is 5.10. The Hall–Kier alpha value is -2.48. The lowest BCUT2D eigenvalue weighted by Gasteiger charge is -2.29. The number of carbonyl (C=O) groups is 1. The van der Waals surface area contributed by atoms with Gasteiger partial charge in [0.05, 0.1) is 5.69 Å². The summed E-state index contributed by atoms with van der Waals surface area (Å²) in [7, 11) is 0. The van der Waals surface area contributed by atoms with Crippen molar-refractivity contribution in [3.63, 3.8) is 0 Å². The number of nitrogens with one attached hydrogen (secondary N) is 1. The van der Waals surface area contributed by atoms with E-state index in [9.17, 15) is 18.0 Å². The highest BCUT2D eigenvalue weighted by Crippen LogP contribution is 2.34. The summed E-state index contributed by atoms with van der Waals surface area (Å²) in [6.07, 6.45) is 3.19. The molecule has 1 N–H and O–H groups in total. The van der Waals surface area contributed by atoms with E-state index in [1.54, 1.807) is 11.0 Å². The highest BCUT2D eigenvalue weighted by atomic mass is 79.9. The molecule has 4 rings (SSSR count). The van der Waals surface area contributed by atoms with Gasteiger partial charge in [0.1, 0.15) is 23.9 Å². The molecule has 2 aromatic rings. The van der Waals surface area contributed by atoms with Crippen LogP contribution in [0.1, 0.15) is 18.4 Å². The minimum absolute atomic E-state index is 0.0345. The topological polar surface area (TPSA) is 41.6 Å². The second kappa shape index (κ2) is 8.10. The fourth-order valence-electron chi connectivity index (χ4n) is 3.61. The van der Waals surface area contributed by atoms with E-state index in [1.807, 2.05) is 6.08 Å². The van der Waals surface area contributed by atoms with E-state index in [0.717, 1.165) is 5.57 Å². The number of halogens is 4. The molecule has 0 fully saturated rings. The molecular weight excluding hydrogens is 449 g/mol. The minimum atomic E-state index is -0.607. The smallest absolute Gasteiger partial charge is 0.224 e. The molecule has 0 saturated carbocycles. The molecule has 0 atom stereocenters. The number of nitrogens with zero attached hydrogens (tertiary/aromatic N) is 1. The van der Waals surface area contributed by atoms with Crippen LogP contribution in [0, 0.1) is 17.5 Å². The third kappa shape index (κ3) is 4.12. The van der Waals surface area contributed by atoms with Gasteiger partial charge in [-0.25, -0.2) is 13.2 Å². The Labute approximate surface area is 174 Å². The molecule has 0 saturated heterocycles. The number of anilines is 2. The lowest BCUT2D eigenvalue weighted by molar-refractivity contribution is -0.116. The number of rotatable bonds is 4. The summed E-state index contributed by atoms with van der Waals surface area (Å²) in [5.41, 5.74) is 1.80. The van der Waals surface area contributed by atoms with Crippen LogP contribution in [0.25, 0.3) is 0 Å². The maximum atomic E-state index is 14.2. The Balaban J connectivity index is 1.44. The fourth-order valence-corrected chi connectivity index (χ4v) is 4.01. The number of fused-ring (bicyclic) bond motifs is 1. The van der Waals surface area contributed by atoms with Crippen molar-refractivity contribution < 1.29 is 22.7 Å². The summed E-state index contributed by atoms with van der Waals surface area (Å²) < 4.78 is 48.5. The molecule has 0 aromatic heterocycles. The van der Waals surface area contributed by atoms with E-state index in [4.69, 9.17) is 4.74 Å². The van der Waals surface area contributed by atoms with Crippen LogP contribution in [-0.2, 0) is 11.2 Å². The van der Waals surface area contributed by atoms with E-state index in [0.29, 0.717) is 48.3 Å². The normalized spacial score (nSPS) is 16.2. The largest absolute Gasteiger partial charge is 0.489 e. The number of hydrogen-bond donors (Lipinski definition) is 1. The Morgan fingerprint density at radius 3 is 2.52 bits per heavy atom. The lowest BCUT2D eigenvalue weighted by atomic mass is 10.0. The first-order valence-corrected chi connectivity index (χ1v) is 10.0. The van der Waals surface area contributed by atoms with Crippen LogP contribution in [0.2, 0.25) is 0 Å². The van der Waals surface area contributed by atoms with Gasteiger partial charge in [-0.1, -0.05) is 22.0 Å². The number of benzene rings is 2. The quantitative estimate of drug-likeness (QED) is 0.647. The number of carbonyl (C=O) groups excluding carboxylic acids is 1. The van der Waals surface area contributed by atoms with Gasteiger partial charge in [-0.2, -0.15) is 0 Å². The monoisotopic (exact) mass is 466 g/mol. The van der Waals surface area contributed by atoms with E-state index >= 15 is 0 Å². The molecule has 0 aliphatic carbocycles. The molecule has 0 radical (unpaired) electrons. The van der Waals surface area contributed by atoms with Gasteiger partial charge in [0.15, 0.2) is 11.6 Å². The molecule has 29 heavy (non-hydrogen) atoms. The van der Waals surface area contributed by atoms with Crippen LogP contribution in [0.3, 0.4) is 0 Å². The molecule has 152 valence electrons. The molecule has 0 bridgehead atoms. The first kappa shape index (κ1) is 19.8. The summed E-state index contributed by atoms with van der Waals surface area (Å²) >= 11 is 3.08. The second-order valence-corrected chi connectivity index (χ2v) is 7.93. The van der Waals surface area contributed by atoms with E-state index in [-0.39, 0.29) is 23.7 Å². The maximum Gasteiger partial charge on any atom is 0.224 e. The lowest BCUT2D eigenvalue weighted by Crippen LogP contribution is -2.31. The molecule has 2 aliphatic rings. The van der Waals surface area contributed by atoms with Crippen LogP contribution in [-0.4, -0.2) is 25.6 Å². The zero-order valence-electron chi connectivity index (χ0n) is 15.4. The fraction of sp³-hybridized carbons (Fsp3) is 0.286. The zero-order valence-corrected chi connectivity index (χ0v) is 17.0. The molecule has 2 aromatic carbocycles. The standard InChI is InChI=1S/C21H18BrF3N2O2/c22-13-9-16(24)21(17(25)10-13)27-7-5-12(6-8-27)11-29-18-3-2-15(23)20-14(18)1-4-19(28)26-20/h2-3,5,9-10H,1,4,6-8,11H2,(H,26,28). The van der Waals surface area contributed by atoms with Gasteiger partial charge in [0.25, 0.3) is 0 Å². The molecule has 0 spiro atoms. The third-order valence-corrected chi connectivity index (χ3v) is 5.56. The highest BCUT2D eigenvalue weighted by Gasteiger charge is 2.23. The van der Waals surface area contributed by atoms with Gasteiger partial charge in [-0.15, -0.1) is 0 Å². The average molecular weight is 467 g/mol. The number of amides is 1. The van der Waals surface area contributed by atoms with Crippen molar-refractivity contribution >= 4 is 33.2 Å². The number of ether oxygens (including phenoxy) is 1. The highest BCUT2D eigenvalue weighted by molar-refractivity contribution is 9.10. The molecular formula is C21H18BrF3N2O2. The summed E-state index contributed by atoms with van der Waals surface area (Å²) in [4.78, 5) is 13.2. The van der Waals surface area contributed by atoms with E-state index < -0.39 is 17.5 Å². The Kier molecular flexibility index (Phi) is 5.54. The van der Waals surface area contributed by atoms with Crippen molar-refractivity contribution in [1.29, 1.82) is 0 Å². The number of hydrogen-bond acceptors (Lipinski definition) is 3. The molecule has 0 unspecified atom stereocenters. The van der Waals surface area contributed by atoms with E-state index in [1.165, 1.54) is 18.2 Å². The minimum Gasteiger partial charge on any atom is -0.489 e. The summed E-state index contributed by atoms with van der Waals surface area (Å²) in [5, 5.41) is 2.56. The van der Waals surface area contributed by atoms with E-state index in [2.05, 4.69) is 21.2 Å². The summed E-state index contributed by atoms with van der Waals surface area (Å²) in [6, 6.07) is 5.33. The Morgan fingerprint density at radius 2 is 1.83 bits per heavy atom. The Morgan fingerprint density at radius 1 is 1.07 bits per heavy atom. The molecule has 2 heterocycles. The van der Waals surface area contributed by atoms with Crippen molar-refractivity contribution in [3.8, 4) is 5.75 Å². The molecule has 1 amide bonds.